The van der Waals surface area contributed by atoms with Gasteiger partial charge in [0.2, 0.25) is 0 Å². The van der Waals surface area contributed by atoms with Gasteiger partial charge in [0, 0.05) is 17.1 Å². The third kappa shape index (κ3) is 2.65. The van der Waals surface area contributed by atoms with Crippen LogP contribution in [0.2, 0.25) is 0 Å². The number of aryl methyl sites for hydroxylation is 3. The molecule has 2 heterocycles. The van der Waals surface area contributed by atoms with Crippen molar-refractivity contribution < 1.29 is 9.59 Å². The second-order valence-electron chi connectivity index (χ2n) is 5.92. The predicted octanol–water partition coefficient (Wildman–Crippen LogP) is 2.89. The van der Waals surface area contributed by atoms with Crippen molar-refractivity contribution in [2.45, 2.75) is 27.7 Å². The van der Waals surface area contributed by atoms with Crippen molar-refractivity contribution in [1.29, 1.82) is 0 Å². The van der Waals surface area contributed by atoms with E-state index in [4.69, 9.17) is 0 Å². The topological polar surface area (TPSA) is 63.1 Å². The molecule has 1 aliphatic rings. The van der Waals surface area contributed by atoms with E-state index in [2.05, 4.69) is 47.2 Å². The van der Waals surface area contributed by atoms with Crippen LogP contribution in [0, 0.1) is 27.7 Å². The molecule has 23 heavy (non-hydrogen) atoms. The van der Waals surface area contributed by atoms with Crippen LogP contribution in [0.25, 0.3) is 11.8 Å². The van der Waals surface area contributed by atoms with E-state index in [1.807, 2.05) is 19.9 Å². The fourth-order valence-electron chi connectivity index (χ4n) is 2.90. The Balaban J connectivity index is 2.10. The van der Waals surface area contributed by atoms with Crippen molar-refractivity contribution in [3.63, 3.8) is 0 Å². The van der Waals surface area contributed by atoms with E-state index in [1.165, 1.54) is 11.1 Å². The normalized spacial score (nSPS) is 15.9. The number of nitrogens with zero attached hydrogens (tertiary/aromatic N) is 1. The van der Waals surface area contributed by atoms with Gasteiger partial charge in [-0.3, -0.25) is 10.1 Å². The van der Waals surface area contributed by atoms with Gasteiger partial charge in [0.15, 0.2) is 0 Å². The van der Waals surface area contributed by atoms with Gasteiger partial charge in [-0.05, 0) is 62.6 Å². The van der Waals surface area contributed by atoms with Crippen molar-refractivity contribution in [2.75, 3.05) is 0 Å². The summed E-state index contributed by atoms with van der Waals surface area (Å²) in [7, 11) is 0. The van der Waals surface area contributed by atoms with Gasteiger partial charge >= 0.3 is 6.03 Å². The van der Waals surface area contributed by atoms with Gasteiger partial charge in [-0.2, -0.15) is 0 Å². The highest BCUT2D eigenvalue weighted by molar-refractivity contribution is 6.14. The van der Waals surface area contributed by atoms with Crippen molar-refractivity contribution in [3.05, 3.63) is 58.0 Å². The number of carbonyl (C=O) groups is 2. The first-order valence-corrected chi connectivity index (χ1v) is 7.47. The number of amides is 3. The van der Waals surface area contributed by atoms with Crippen LogP contribution in [0.1, 0.15) is 28.1 Å². The zero-order valence-corrected chi connectivity index (χ0v) is 13.7. The lowest BCUT2D eigenvalue weighted by Gasteiger charge is -2.13. The highest BCUT2D eigenvalue weighted by atomic mass is 16.2. The van der Waals surface area contributed by atoms with E-state index in [1.54, 1.807) is 6.08 Å². The van der Waals surface area contributed by atoms with Gasteiger partial charge in [0.25, 0.3) is 5.91 Å². The first kappa shape index (κ1) is 15.1. The van der Waals surface area contributed by atoms with Crippen molar-refractivity contribution in [1.82, 2.24) is 15.2 Å². The summed E-state index contributed by atoms with van der Waals surface area (Å²) in [5, 5.41) is 4.73. The Morgan fingerprint density at radius 2 is 1.74 bits per heavy atom. The molecule has 1 aromatic carbocycles. The second kappa shape index (κ2) is 5.43. The van der Waals surface area contributed by atoms with Gasteiger partial charge in [-0.1, -0.05) is 12.1 Å². The number of hydrogen-bond acceptors (Lipinski definition) is 2. The molecule has 1 fully saturated rings. The third-order valence-electron chi connectivity index (χ3n) is 4.10. The lowest BCUT2D eigenvalue weighted by molar-refractivity contribution is -0.115. The van der Waals surface area contributed by atoms with Crippen LogP contribution in [0.4, 0.5) is 4.79 Å². The van der Waals surface area contributed by atoms with Gasteiger partial charge < -0.3 is 9.88 Å². The Bertz CT molecular complexity index is 859. The Kier molecular flexibility index (Phi) is 3.56. The minimum absolute atomic E-state index is 0.274. The molecule has 0 atom stereocenters. The van der Waals surface area contributed by atoms with Crippen LogP contribution in [0.5, 0.6) is 0 Å². The minimum atomic E-state index is -0.482. The van der Waals surface area contributed by atoms with Crippen LogP contribution < -0.4 is 10.6 Å². The largest absolute Gasteiger partial charge is 0.326 e. The zero-order valence-electron chi connectivity index (χ0n) is 13.7. The van der Waals surface area contributed by atoms with E-state index >= 15 is 0 Å². The summed E-state index contributed by atoms with van der Waals surface area (Å²) in [4.78, 5) is 22.9. The van der Waals surface area contributed by atoms with Gasteiger partial charge in [-0.25, -0.2) is 4.79 Å². The first-order chi connectivity index (χ1) is 10.9. The van der Waals surface area contributed by atoms with Crippen LogP contribution in [-0.2, 0) is 4.79 Å². The first-order valence-electron chi connectivity index (χ1n) is 7.47. The summed E-state index contributed by atoms with van der Waals surface area (Å²) in [6.45, 7) is 8.19. The lowest BCUT2D eigenvalue weighted by Crippen LogP contribution is -2.22. The molecule has 2 aromatic rings. The number of imide groups is 1. The van der Waals surface area contributed by atoms with Gasteiger partial charge in [0.1, 0.15) is 5.70 Å². The molecule has 5 nitrogen and oxygen atoms in total. The molecule has 1 aliphatic heterocycles. The molecule has 0 saturated carbocycles. The van der Waals surface area contributed by atoms with Crippen molar-refractivity contribution in [3.8, 4) is 5.69 Å². The number of nitrogens with one attached hydrogen (secondary N) is 2. The molecular weight excluding hydrogens is 290 g/mol. The summed E-state index contributed by atoms with van der Waals surface area (Å²) < 4.78 is 2.17. The SMILES string of the molecule is Cc1ccc(C)c(-n2c(C)cc(C=C3NC(=O)NC3=O)c2C)c1. The molecule has 5 heteroatoms. The molecule has 0 unspecified atom stereocenters. The standard InChI is InChI=1S/C18H19N3O2/c1-10-5-6-11(2)16(7-10)21-12(3)8-14(13(21)4)9-15-17(22)20-18(23)19-15/h5-9H,1-4H3,(H2,19,20,22,23). The molecular formula is C18H19N3O2. The molecule has 0 bridgehead atoms. The summed E-state index contributed by atoms with van der Waals surface area (Å²) >= 11 is 0. The highest BCUT2D eigenvalue weighted by Gasteiger charge is 2.23. The van der Waals surface area contributed by atoms with E-state index < -0.39 is 11.9 Å². The number of rotatable bonds is 2. The molecule has 118 valence electrons. The van der Waals surface area contributed by atoms with E-state index in [0.717, 1.165) is 22.6 Å². The average Bonchev–Trinajstić information content (AvgIpc) is 2.93. The molecule has 2 N–H and O–H groups in total. The quantitative estimate of drug-likeness (QED) is 0.662. The fourth-order valence-corrected chi connectivity index (χ4v) is 2.90. The third-order valence-corrected chi connectivity index (χ3v) is 4.10. The number of benzene rings is 1. The maximum absolute atomic E-state index is 11.7. The lowest BCUT2D eigenvalue weighted by atomic mass is 10.1. The number of aromatic nitrogens is 1. The van der Waals surface area contributed by atoms with Crippen LogP contribution in [0.15, 0.2) is 30.0 Å². The maximum atomic E-state index is 11.7. The Hall–Kier alpha value is -2.82. The van der Waals surface area contributed by atoms with Crippen molar-refractivity contribution >= 4 is 18.0 Å². The minimum Gasteiger partial charge on any atom is -0.318 e. The van der Waals surface area contributed by atoms with Crippen LogP contribution >= 0.6 is 0 Å². The summed E-state index contributed by atoms with van der Waals surface area (Å²) in [6, 6.07) is 7.88. The van der Waals surface area contributed by atoms with E-state index in [-0.39, 0.29) is 5.70 Å². The van der Waals surface area contributed by atoms with Gasteiger partial charge in [-0.15, -0.1) is 0 Å². The predicted molar refractivity (Wildman–Crippen MR) is 89.4 cm³/mol. The number of urea groups is 1. The highest BCUT2D eigenvalue weighted by Crippen LogP contribution is 2.25. The Morgan fingerprint density at radius 3 is 2.39 bits per heavy atom. The molecule has 3 amide bonds. The number of carbonyl (C=O) groups excluding carboxylic acids is 2. The Morgan fingerprint density at radius 1 is 1.00 bits per heavy atom. The molecule has 0 aliphatic carbocycles. The Labute approximate surface area is 135 Å². The van der Waals surface area contributed by atoms with Crippen LogP contribution in [-0.4, -0.2) is 16.5 Å². The monoisotopic (exact) mass is 309 g/mol. The molecule has 0 spiro atoms. The van der Waals surface area contributed by atoms with Gasteiger partial charge in [0.05, 0.1) is 0 Å². The number of hydrogen-bond donors (Lipinski definition) is 2. The summed E-state index contributed by atoms with van der Waals surface area (Å²) in [6.07, 6.45) is 1.71. The fraction of sp³-hybridized carbons (Fsp3) is 0.222. The maximum Gasteiger partial charge on any atom is 0.326 e. The summed E-state index contributed by atoms with van der Waals surface area (Å²) in [5.74, 6) is -0.397. The molecule has 1 saturated heterocycles. The van der Waals surface area contributed by atoms with E-state index in [9.17, 15) is 9.59 Å². The van der Waals surface area contributed by atoms with Crippen LogP contribution in [0.3, 0.4) is 0 Å². The van der Waals surface area contributed by atoms with E-state index in [0.29, 0.717) is 0 Å². The van der Waals surface area contributed by atoms with Crippen molar-refractivity contribution in [2.24, 2.45) is 0 Å². The average molecular weight is 309 g/mol. The molecule has 3 rings (SSSR count). The smallest absolute Gasteiger partial charge is 0.318 e. The summed E-state index contributed by atoms with van der Waals surface area (Å²) in [5.41, 5.74) is 6.80. The molecule has 1 aromatic heterocycles. The zero-order chi connectivity index (χ0) is 16.7. The second-order valence-corrected chi connectivity index (χ2v) is 5.92. The molecule has 0 radical (unpaired) electrons.